The molecule has 0 aliphatic heterocycles. The first-order chi connectivity index (χ1) is 13.7. The Balaban J connectivity index is 1.59. The minimum atomic E-state index is -0.467. The van der Waals surface area contributed by atoms with Gasteiger partial charge in [0.25, 0.3) is 0 Å². The monoisotopic (exact) mass is 394 g/mol. The lowest BCUT2D eigenvalue weighted by Gasteiger charge is -2.12. The third-order valence-corrected chi connectivity index (χ3v) is 4.40. The number of aromatic nitrogens is 4. The maximum atomic E-state index is 13.4. The molecule has 0 bridgehead atoms. The second kappa shape index (κ2) is 8.06. The molecule has 0 amide bonds. The van der Waals surface area contributed by atoms with E-state index < -0.39 is 5.82 Å². The van der Waals surface area contributed by atoms with Gasteiger partial charge in [0.1, 0.15) is 18.0 Å². The number of halogens is 2. The second-order valence-corrected chi connectivity index (χ2v) is 6.46. The predicted molar refractivity (Wildman–Crippen MR) is 108 cm³/mol. The molecule has 2 aromatic heterocycles. The first-order valence-electron chi connectivity index (χ1n) is 8.53. The molecule has 0 aliphatic carbocycles. The van der Waals surface area contributed by atoms with Crippen LogP contribution in [0.2, 0.25) is 5.02 Å². The van der Waals surface area contributed by atoms with Gasteiger partial charge >= 0.3 is 0 Å². The summed E-state index contributed by atoms with van der Waals surface area (Å²) in [7, 11) is 0. The fourth-order valence-electron chi connectivity index (χ4n) is 2.73. The molecule has 2 aromatic carbocycles. The molecule has 8 heteroatoms. The zero-order chi connectivity index (χ0) is 19.3. The molecule has 0 saturated carbocycles. The molecule has 0 unspecified atom stereocenters. The van der Waals surface area contributed by atoms with Gasteiger partial charge in [-0.25, -0.2) is 19.3 Å². The molecular weight excluding hydrogens is 379 g/mol. The number of hydrogen-bond acceptors (Lipinski definition) is 5. The van der Waals surface area contributed by atoms with Gasteiger partial charge in [0, 0.05) is 29.3 Å². The zero-order valence-electron chi connectivity index (χ0n) is 14.7. The number of anilines is 3. The number of aromatic amines is 1. The standard InChI is InChI=1S/C20H16ClFN6/c21-18-7-15(4-5-19(18)22)28-20-17(10-24-12-27-20)13-2-1-3-14(6-13)25-9-16-8-23-11-26-16/h1-8,10-12,25H,9H2,(H,23,26)(H,24,27,28). The van der Waals surface area contributed by atoms with Crippen molar-refractivity contribution >= 4 is 28.8 Å². The molecule has 0 saturated heterocycles. The smallest absolute Gasteiger partial charge is 0.141 e. The van der Waals surface area contributed by atoms with Gasteiger partial charge in [-0.2, -0.15) is 0 Å². The van der Waals surface area contributed by atoms with Gasteiger partial charge in [-0.15, -0.1) is 0 Å². The number of H-pyrrole nitrogens is 1. The fourth-order valence-corrected chi connectivity index (χ4v) is 2.91. The van der Waals surface area contributed by atoms with Crippen molar-refractivity contribution in [3.8, 4) is 11.1 Å². The summed E-state index contributed by atoms with van der Waals surface area (Å²) in [5.41, 5.74) is 4.33. The number of benzene rings is 2. The Hall–Kier alpha value is -3.45. The Bertz CT molecular complexity index is 1080. The van der Waals surface area contributed by atoms with Crippen LogP contribution < -0.4 is 10.6 Å². The summed E-state index contributed by atoms with van der Waals surface area (Å²) in [6, 6.07) is 12.4. The van der Waals surface area contributed by atoms with E-state index in [9.17, 15) is 4.39 Å². The lowest BCUT2D eigenvalue weighted by Crippen LogP contribution is -2.00. The van der Waals surface area contributed by atoms with E-state index in [4.69, 9.17) is 11.6 Å². The maximum Gasteiger partial charge on any atom is 0.141 e. The average molecular weight is 395 g/mol. The third kappa shape index (κ3) is 4.10. The van der Waals surface area contributed by atoms with Crippen molar-refractivity contribution < 1.29 is 4.39 Å². The molecular formula is C20H16ClFN6. The quantitative estimate of drug-likeness (QED) is 0.428. The highest BCUT2D eigenvalue weighted by atomic mass is 35.5. The van der Waals surface area contributed by atoms with Gasteiger partial charge < -0.3 is 15.6 Å². The second-order valence-electron chi connectivity index (χ2n) is 6.05. The number of nitrogens with one attached hydrogen (secondary N) is 3. The van der Waals surface area contributed by atoms with Crippen molar-refractivity contribution in [2.45, 2.75) is 6.54 Å². The normalized spacial score (nSPS) is 10.6. The van der Waals surface area contributed by atoms with Crippen LogP contribution in [0.15, 0.2) is 67.5 Å². The van der Waals surface area contributed by atoms with Crippen LogP contribution in [0, 0.1) is 5.82 Å². The molecule has 4 aromatic rings. The Morgan fingerprint density at radius 2 is 1.96 bits per heavy atom. The highest BCUT2D eigenvalue weighted by Gasteiger charge is 2.09. The molecule has 0 radical (unpaired) electrons. The van der Waals surface area contributed by atoms with E-state index in [0.29, 0.717) is 18.1 Å². The molecule has 6 nitrogen and oxygen atoms in total. The van der Waals surface area contributed by atoms with E-state index in [1.807, 2.05) is 24.3 Å². The molecule has 4 rings (SSSR count). The van der Waals surface area contributed by atoms with Gasteiger partial charge in [-0.3, -0.25) is 0 Å². The minimum absolute atomic E-state index is 0.0469. The topological polar surface area (TPSA) is 78.5 Å². The van der Waals surface area contributed by atoms with Crippen molar-refractivity contribution in [2.75, 3.05) is 10.6 Å². The maximum absolute atomic E-state index is 13.4. The molecule has 2 heterocycles. The van der Waals surface area contributed by atoms with Gasteiger partial charge in [0.2, 0.25) is 0 Å². The molecule has 0 atom stereocenters. The van der Waals surface area contributed by atoms with Gasteiger partial charge in [-0.05, 0) is 35.9 Å². The highest BCUT2D eigenvalue weighted by Crippen LogP contribution is 2.30. The lowest BCUT2D eigenvalue weighted by molar-refractivity contribution is 0.628. The summed E-state index contributed by atoms with van der Waals surface area (Å²) in [6.45, 7) is 0.633. The molecule has 0 fully saturated rings. The molecule has 140 valence electrons. The summed E-state index contributed by atoms with van der Waals surface area (Å²) < 4.78 is 13.4. The van der Waals surface area contributed by atoms with Crippen molar-refractivity contribution in [3.63, 3.8) is 0 Å². The third-order valence-electron chi connectivity index (χ3n) is 4.11. The lowest BCUT2D eigenvalue weighted by atomic mass is 10.1. The van der Waals surface area contributed by atoms with E-state index in [1.54, 1.807) is 24.8 Å². The van der Waals surface area contributed by atoms with E-state index >= 15 is 0 Å². The Morgan fingerprint density at radius 1 is 1.04 bits per heavy atom. The van der Waals surface area contributed by atoms with Crippen LogP contribution in [-0.2, 0) is 6.54 Å². The van der Waals surface area contributed by atoms with Crippen molar-refractivity contribution in [1.82, 2.24) is 19.9 Å². The number of rotatable bonds is 6. The van der Waals surface area contributed by atoms with Crippen LogP contribution in [0.3, 0.4) is 0 Å². The predicted octanol–water partition coefficient (Wildman–Crippen LogP) is 5.01. The molecule has 0 spiro atoms. The van der Waals surface area contributed by atoms with E-state index in [-0.39, 0.29) is 5.02 Å². The fraction of sp³-hybridized carbons (Fsp3) is 0.0500. The summed E-state index contributed by atoms with van der Waals surface area (Å²) in [5, 5.41) is 6.57. The largest absolute Gasteiger partial charge is 0.379 e. The van der Waals surface area contributed by atoms with E-state index in [2.05, 4.69) is 30.6 Å². The average Bonchev–Trinajstić information content (AvgIpc) is 3.24. The van der Waals surface area contributed by atoms with E-state index in [1.165, 1.54) is 18.5 Å². The SMILES string of the molecule is Fc1ccc(Nc2ncncc2-c2cccc(NCc3cnc[nH]3)c2)cc1Cl. The first-order valence-corrected chi connectivity index (χ1v) is 8.90. The van der Waals surface area contributed by atoms with Crippen LogP contribution >= 0.6 is 11.6 Å². The Morgan fingerprint density at radius 3 is 2.79 bits per heavy atom. The van der Waals surface area contributed by atoms with Crippen LogP contribution in [0.5, 0.6) is 0 Å². The summed E-state index contributed by atoms with van der Waals surface area (Å²) in [6.07, 6.45) is 6.61. The number of nitrogens with zero attached hydrogens (tertiary/aromatic N) is 3. The van der Waals surface area contributed by atoms with Crippen molar-refractivity contribution in [1.29, 1.82) is 0 Å². The van der Waals surface area contributed by atoms with Gasteiger partial charge in [0.15, 0.2) is 0 Å². The zero-order valence-corrected chi connectivity index (χ0v) is 15.4. The van der Waals surface area contributed by atoms with Gasteiger partial charge in [0.05, 0.1) is 23.6 Å². The van der Waals surface area contributed by atoms with Crippen LogP contribution in [0.25, 0.3) is 11.1 Å². The van der Waals surface area contributed by atoms with Crippen LogP contribution in [0.1, 0.15) is 5.69 Å². The minimum Gasteiger partial charge on any atom is -0.379 e. The first kappa shape index (κ1) is 17.9. The van der Waals surface area contributed by atoms with Crippen LogP contribution in [-0.4, -0.2) is 19.9 Å². The number of hydrogen-bond donors (Lipinski definition) is 3. The van der Waals surface area contributed by atoms with Crippen molar-refractivity contribution in [2.24, 2.45) is 0 Å². The van der Waals surface area contributed by atoms with Crippen molar-refractivity contribution in [3.05, 3.63) is 84.0 Å². The summed E-state index contributed by atoms with van der Waals surface area (Å²) in [4.78, 5) is 15.5. The molecule has 0 aliphatic rings. The molecule has 3 N–H and O–H groups in total. The van der Waals surface area contributed by atoms with Gasteiger partial charge in [-0.1, -0.05) is 23.7 Å². The summed E-state index contributed by atoms with van der Waals surface area (Å²) in [5.74, 6) is 0.134. The van der Waals surface area contributed by atoms with E-state index in [0.717, 1.165) is 22.5 Å². The number of imidazole rings is 1. The summed E-state index contributed by atoms with van der Waals surface area (Å²) >= 11 is 5.87. The van der Waals surface area contributed by atoms with Crippen LogP contribution in [0.4, 0.5) is 21.6 Å². The molecule has 28 heavy (non-hydrogen) atoms. The Labute approximate surface area is 165 Å². The Kier molecular flexibility index (Phi) is 5.16. The highest BCUT2D eigenvalue weighted by molar-refractivity contribution is 6.31.